The van der Waals surface area contributed by atoms with Crippen LogP contribution in [0.2, 0.25) is 0 Å². The monoisotopic (exact) mass is 358 g/mol. The van der Waals surface area contributed by atoms with Crippen molar-refractivity contribution < 1.29 is 19.0 Å². The Bertz CT molecular complexity index is 719. The van der Waals surface area contributed by atoms with Gasteiger partial charge in [-0.05, 0) is 49.7 Å². The molecule has 2 rings (SSSR count). The number of carbonyl (C=O) groups excluding carboxylic acids is 1. The van der Waals surface area contributed by atoms with Gasteiger partial charge in [-0.25, -0.2) is 0 Å². The number of rotatable bonds is 8. The first-order chi connectivity index (χ1) is 12.5. The zero-order chi connectivity index (χ0) is 19.1. The van der Waals surface area contributed by atoms with Gasteiger partial charge in [-0.2, -0.15) is 0 Å². The minimum Gasteiger partial charge on any atom is -0.493 e. The Balaban J connectivity index is 2.17. The van der Waals surface area contributed by atoms with E-state index in [1.54, 1.807) is 12.1 Å². The third-order valence-corrected chi connectivity index (χ3v) is 4.10. The summed E-state index contributed by atoms with van der Waals surface area (Å²) in [6.07, 6.45) is 1.04. The number of hydrogen-bond acceptors (Lipinski definition) is 5. The van der Waals surface area contributed by atoms with Crippen LogP contribution in [0.5, 0.6) is 17.2 Å². The first-order valence-electron chi connectivity index (χ1n) is 8.50. The minimum atomic E-state index is -0.258. The van der Waals surface area contributed by atoms with E-state index in [0.717, 1.165) is 12.1 Å². The molecule has 0 bridgehead atoms. The van der Waals surface area contributed by atoms with Crippen molar-refractivity contribution in [3.8, 4) is 17.2 Å². The highest BCUT2D eigenvalue weighted by atomic mass is 16.5. The van der Waals surface area contributed by atoms with Crippen LogP contribution in [0.1, 0.15) is 30.6 Å². The summed E-state index contributed by atoms with van der Waals surface area (Å²) in [7, 11) is 4.55. The second-order valence-corrected chi connectivity index (χ2v) is 5.90. The lowest BCUT2D eigenvalue weighted by Crippen LogP contribution is -2.14. The summed E-state index contributed by atoms with van der Waals surface area (Å²) in [5.74, 6) is 1.06. The Kier molecular flexibility index (Phi) is 6.72. The summed E-state index contributed by atoms with van der Waals surface area (Å²) in [6, 6.07) is 11.2. The van der Waals surface area contributed by atoms with E-state index in [4.69, 9.17) is 14.2 Å². The Labute approximate surface area is 154 Å². The molecule has 0 aliphatic heterocycles. The number of hydrogen-bond donors (Lipinski definition) is 2. The Hall–Kier alpha value is -2.89. The molecule has 1 unspecified atom stereocenters. The second kappa shape index (κ2) is 8.99. The molecule has 0 aliphatic rings. The Morgan fingerprint density at radius 2 is 1.50 bits per heavy atom. The van der Waals surface area contributed by atoms with Crippen molar-refractivity contribution >= 4 is 17.3 Å². The molecule has 26 heavy (non-hydrogen) atoms. The van der Waals surface area contributed by atoms with Crippen LogP contribution in [0.15, 0.2) is 36.4 Å². The quantitative estimate of drug-likeness (QED) is 0.741. The van der Waals surface area contributed by atoms with Crippen molar-refractivity contribution in [2.24, 2.45) is 0 Å². The van der Waals surface area contributed by atoms with Crippen LogP contribution < -0.4 is 24.8 Å². The van der Waals surface area contributed by atoms with Gasteiger partial charge >= 0.3 is 0 Å². The third-order valence-electron chi connectivity index (χ3n) is 4.10. The first-order valence-corrected chi connectivity index (χ1v) is 8.50. The van der Waals surface area contributed by atoms with Gasteiger partial charge in [0.1, 0.15) is 0 Å². The lowest BCUT2D eigenvalue weighted by molar-refractivity contribution is 0.102. The van der Waals surface area contributed by atoms with Gasteiger partial charge in [-0.15, -0.1) is 0 Å². The van der Waals surface area contributed by atoms with Crippen molar-refractivity contribution in [2.75, 3.05) is 32.0 Å². The largest absolute Gasteiger partial charge is 0.493 e. The molecule has 0 heterocycles. The zero-order valence-electron chi connectivity index (χ0n) is 15.9. The molecule has 0 saturated carbocycles. The van der Waals surface area contributed by atoms with Crippen molar-refractivity contribution in [1.82, 2.24) is 0 Å². The summed E-state index contributed by atoms with van der Waals surface area (Å²) in [5, 5.41) is 6.26. The number of nitrogens with one attached hydrogen (secondary N) is 2. The molecule has 0 aromatic heterocycles. The van der Waals surface area contributed by atoms with Crippen molar-refractivity contribution in [1.29, 1.82) is 0 Å². The van der Waals surface area contributed by atoms with E-state index < -0.39 is 0 Å². The van der Waals surface area contributed by atoms with Gasteiger partial charge in [0.15, 0.2) is 11.5 Å². The average Bonchev–Trinajstić information content (AvgIpc) is 2.67. The molecule has 2 aromatic rings. The average molecular weight is 358 g/mol. The van der Waals surface area contributed by atoms with Crippen LogP contribution in [0, 0.1) is 0 Å². The van der Waals surface area contributed by atoms with Gasteiger partial charge in [0.2, 0.25) is 5.75 Å². The molecule has 1 amide bonds. The number of ether oxygens (including phenoxy) is 3. The van der Waals surface area contributed by atoms with Gasteiger partial charge in [0.25, 0.3) is 5.91 Å². The molecule has 0 aliphatic carbocycles. The molecule has 2 aromatic carbocycles. The van der Waals surface area contributed by atoms with Crippen LogP contribution in [-0.2, 0) is 0 Å². The molecule has 140 valence electrons. The third kappa shape index (κ3) is 4.59. The number of carbonyl (C=O) groups is 1. The van der Waals surface area contributed by atoms with Gasteiger partial charge in [0.05, 0.1) is 21.3 Å². The predicted octanol–water partition coefficient (Wildman–Crippen LogP) is 4.18. The van der Waals surface area contributed by atoms with Gasteiger partial charge in [-0.1, -0.05) is 6.92 Å². The smallest absolute Gasteiger partial charge is 0.255 e. The van der Waals surface area contributed by atoms with Gasteiger partial charge in [-0.3, -0.25) is 4.79 Å². The number of anilines is 2. The molecule has 0 radical (unpaired) electrons. The fourth-order valence-corrected chi connectivity index (χ4v) is 2.45. The van der Waals surface area contributed by atoms with Gasteiger partial charge < -0.3 is 24.8 Å². The van der Waals surface area contributed by atoms with Crippen LogP contribution in [0.4, 0.5) is 11.4 Å². The number of amides is 1. The van der Waals surface area contributed by atoms with E-state index in [1.165, 1.54) is 21.3 Å². The van der Waals surface area contributed by atoms with Crippen LogP contribution in [0.25, 0.3) is 0 Å². The normalized spacial score (nSPS) is 11.4. The van der Waals surface area contributed by atoms with Crippen molar-refractivity contribution in [3.63, 3.8) is 0 Å². The Morgan fingerprint density at radius 1 is 0.962 bits per heavy atom. The highest BCUT2D eigenvalue weighted by molar-refractivity contribution is 6.05. The molecule has 2 N–H and O–H groups in total. The maximum absolute atomic E-state index is 12.6. The fourth-order valence-electron chi connectivity index (χ4n) is 2.45. The lowest BCUT2D eigenvalue weighted by Gasteiger charge is -2.15. The van der Waals surface area contributed by atoms with E-state index in [-0.39, 0.29) is 5.91 Å². The van der Waals surface area contributed by atoms with Crippen LogP contribution >= 0.6 is 0 Å². The Morgan fingerprint density at radius 3 is 1.96 bits per heavy atom. The van der Waals surface area contributed by atoms with E-state index in [0.29, 0.717) is 34.5 Å². The molecule has 6 heteroatoms. The lowest BCUT2D eigenvalue weighted by atomic mass is 10.1. The number of methoxy groups -OCH3 is 3. The predicted molar refractivity (Wildman–Crippen MR) is 104 cm³/mol. The fraction of sp³-hybridized carbons (Fsp3) is 0.350. The molecule has 0 fully saturated rings. The molecule has 1 atom stereocenters. The van der Waals surface area contributed by atoms with E-state index in [2.05, 4.69) is 24.5 Å². The first kappa shape index (κ1) is 19.4. The highest BCUT2D eigenvalue weighted by Crippen LogP contribution is 2.38. The molecule has 0 spiro atoms. The van der Waals surface area contributed by atoms with Gasteiger partial charge in [0, 0.05) is 23.0 Å². The minimum absolute atomic E-state index is 0.258. The summed E-state index contributed by atoms with van der Waals surface area (Å²) < 4.78 is 15.9. The molecular formula is C20H26N2O4. The van der Waals surface area contributed by atoms with Crippen LogP contribution in [-0.4, -0.2) is 33.3 Å². The topological polar surface area (TPSA) is 68.8 Å². The molecule has 0 saturated heterocycles. The maximum atomic E-state index is 12.6. The van der Waals surface area contributed by atoms with E-state index in [9.17, 15) is 4.79 Å². The maximum Gasteiger partial charge on any atom is 0.255 e. The van der Waals surface area contributed by atoms with Crippen molar-refractivity contribution in [2.45, 2.75) is 26.3 Å². The zero-order valence-corrected chi connectivity index (χ0v) is 15.9. The summed E-state index contributed by atoms with van der Waals surface area (Å²) in [5.41, 5.74) is 2.14. The summed E-state index contributed by atoms with van der Waals surface area (Å²) >= 11 is 0. The highest BCUT2D eigenvalue weighted by Gasteiger charge is 2.17. The summed E-state index contributed by atoms with van der Waals surface area (Å²) in [4.78, 5) is 12.6. The number of benzene rings is 2. The molecular weight excluding hydrogens is 332 g/mol. The second-order valence-electron chi connectivity index (χ2n) is 5.90. The molecule has 6 nitrogen and oxygen atoms in total. The standard InChI is InChI=1S/C20H26N2O4/c1-6-13(2)21-15-7-9-16(10-8-15)22-20(23)14-11-17(24-3)19(26-5)18(12-14)25-4/h7-13,21H,6H2,1-5H3,(H,22,23). The van der Waals surface area contributed by atoms with Crippen LogP contribution in [0.3, 0.4) is 0 Å². The van der Waals surface area contributed by atoms with E-state index in [1.807, 2.05) is 24.3 Å². The summed E-state index contributed by atoms with van der Waals surface area (Å²) in [6.45, 7) is 4.25. The SMILES string of the molecule is CCC(C)Nc1ccc(NC(=O)c2cc(OC)c(OC)c(OC)c2)cc1. The van der Waals surface area contributed by atoms with E-state index >= 15 is 0 Å². The van der Waals surface area contributed by atoms with Crippen molar-refractivity contribution in [3.05, 3.63) is 42.0 Å².